The molecule has 1 aliphatic rings. The van der Waals surface area contributed by atoms with Crippen LogP contribution in [0.4, 0.5) is 0 Å². The maximum Gasteiger partial charge on any atom is 0.0645 e. The first-order valence-corrected chi connectivity index (χ1v) is 7.76. The number of hydrogen-bond donors (Lipinski definition) is 2. The lowest BCUT2D eigenvalue weighted by Crippen LogP contribution is -2.54. The number of ether oxygens (including phenoxy) is 1. The Balaban J connectivity index is 2.26. The van der Waals surface area contributed by atoms with Crippen molar-refractivity contribution in [2.24, 2.45) is 17.8 Å². The molecule has 2 rings (SSSR count). The van der Waals surface area contributed by atoms with Crippen LogP contribution < -0.4 is 0 Å². The highest BCUT2D eigenvalue weighted by Crippen LogP contribution is 2.42. The quantitative estimate of drug-likeness (QED) is 0.897. The Kier molecular flexibility index (Phi) is 4.76. The molecule has 1 aliphatic heterocycles. The second-order valence-electron chi connectivity index (χ2n) is 7.43. The molecule has 1 heterocycles. The number of hydrogen-bond acceptors (Lipinski definition) is 3. The molecule has 0 spiro atoms. The summed E-state index contributed by atoms with van der Waals surface area (Å²) in [4.78, 5) is 0. The molecule has 2 unspecified atom stereocenters. The SMILES string of the molecule is CC(C)(O)C1C(Cc2ccccc2)COC[C@H]1C(C)(C)O. The molecule has 2 N–H and O–H groups in total. The highest BCUT2D eigenvalue weighted by molar-refractivity contribution is 5.16. The average molecular weight is 292 g/mol. The molecular weight excluding hydrogens is 264 g/mol. The van der Waals surface area contributed by atoms with Crippen molar-refractivity contribution in [3.63, 3.8) is 0 Å². The van der Waals surface area contributed by atoms with Crippen molar-refractivity contribution in [2.75, 3.05) is 13.2 Å². The summed E-state index contributed by atoms with van der Waals surface area (Å²) >= 11 is 0. The van der Waals surface area contributed by atoms with Crippen molar-refractivity contribution >= 4 is 0 Å². The van der Waals surface area contributed by atoms with Crippen LogP contribution in [0.25, 0.3) is 0 Å². The fourth-order valence-corrected chi connectivity index (χ4v) is 3.70. The summed E-state index contributed by atoms with van der Waals surface area (Å²) in [5.74, 6) is 0.143. The number of aliphatic hydroxyl groups is 2. The predicted octanol–water partition coefficient (Wildman–Crippen LogP) is 2.65. The molecule has 3 atom stereocenters. The maximum atomic E-state index is 10.7. The highest BCUT2D eigenvalue weighted by Gasteiger charge is 2.47. The summed E-state index contributed by atoms with van der Waals surface area (Å²) in [5, 5.41) is 21.1. The molecule has 0 bridgehead atoms. The van der Waals surface area contributed by atoms with Gasteiger partial charge in [0.05, 0.1) is 24.4 Å². The minimum absolute atomic E-state index is 0.00598. The number of benzene rings is 1. The maximum absolute atomic E-state index is 10.7. The van der Waals surface area contributed by atoms with Crippen molar-refractivity contribution in [3.05, 3.63) is 35.9 Å². The summed E-state index contributed by atoms with van der Waals surface area (Å²) in [6.45, 7) is 8.45. The average Bonchev–Trinajstić information content (AvgIpc) is 2.37. The van der Waals surface area contributed by atoms with Gasteiger partial charge >= 0.3 is 0 Å². The van der Waals surface area contributed by atoms with Crippen LogP contribution in [-0.2, 0) is 11.2 Å². The Hall–Kier alpha value is -0.900. The van der Waals surface area contributed by atoms with Crippen molar-refractivity contribution in [1.82, 2.24) is 0 Å². The summed E-state index contributed by atoms with van der Waals surface area (Å²) in [5.41, 5.74) is -0.453. The van der Waals surface area contributed by atoms with Crippen LogP contribution >= 0.6 is 0 Å². The van der Waals surface area contributed by atoms with Crippen LogP contribution in [0.2, 0.25) is 0 Å². The molecule has 1 aromatic rings. The molecule has 3 heteroatoms. The third-order valence-corrected chi connectivity index (χ3v) is 4.63. The summed E-state index contributed by atoms with van der Waals surface area (Å²) in [6.07, 6.45) is 0.863. The van der Waals surface area contributed by atoms with E-state index in [0.29, 0.717) is 13.2 Å². The van der Waals surface area contributed by atoms with Crippen LogP contribution in [0, 0.1) is 17.8 Å². The van der Waals surface area contributed by atoms with E-state index in [-0.39, 0.29) is 17.8 Å². The predicted molar refractivity (Wildman–Crippen MR) is 84.0 cm³/mol. The van der Waals surface area contributed by atoms with Gasteiger partial charge < -0.3 is 14.9 Å². The van der Waals surface area contributed by atoms with Gasteiger partial charge in [-0.05, 0) is 45.6 Å². The fourth-order valence-electron chi connectivity index (χ4n) is 3.70. The van der Waals surface area contributed by atoms with Crippen LogP contribution in [0.15, 0.2) is 30.3 Å². The Morgan fingerprint density at radius 3 is 2.14 bits per heavy atom. The fraction of sp³-hybridized carbons (Fsp3) is 0.667. The molecule has 0 saturated carbocycles. The van der Waals surface area contributed by atoms with Gasteiger partial charge in [-0.2, -0.15) is 0 Å². The second-order valence-corrected chi connectivity index (χ2v) is 7.43. The van der Waals surface area contributed by atoms with Gasteiger partial charge in [0.1, 0.15) is 0 Å². The third-order valence-electron chi connectivity index (χ3n) is 4.63. The lowest BCUT2D eigenvalue weighted by molar-refractivity contribution is -0.166. The molecule has 0 radical (unpaired) electrons. The van der Waals surface area contributed by atoms with Gasteiger partial charge in [0.15, 0.2) is 0 Å². The molecule has 3 nitrogen and oxygen atoms in total. The van der Waals surface area contributed by atoms with E-state index in [9.17, 15) is 10.2 Å². The smallest absolute Gasteiger partial charge is 0.0645 e. The summed E-state index contributed by atoms with van der Waals surface area (Å²) < 4.78 is 5.75. The summed E-state index contributed by atoms with van der Waals surface area (Å²) in [6, 6.07) is 10.3. The van der Waals surface area contributed by atoms with Gasteiger partial charge in [-0.25, -0.2) is 0 Å². The minimum atomic E-state index is -0.861. The van der Waals surface area contributed by atoms with E-state index < -0.39 is 11.2 Å². The zero-order valence-electron chi connectivity index (χ0n) is 13.5. The van der Waals surface area contributed by atoms with Gasteiger partial charge in [-0.15, -0.1) is 0 Å². The standard InChI is InChI=1S/C18H28O3/c1-17(2,19)15-12-21-11-14(16(15)18(3,4)20)10-13-8-6-5-7-9-13/h5-9,14-16,19-20H,10-12H2,1-4H3/t14?,15-,16?/m1/s1. The monoisotopic (exact) mass is 292 g/mol. The first kappa shape index (κ1) is 16.5. The molecule has 1 fully saturated rings. The molecule has 1 saturated heterocycles. The zero-order chi connectivity index (χ0) is 15.7. The molecule has 0 aliphatic carbocycles. The van der Waals surface area contributed by atoms with E-state index in [0.717, 1.165) is 6.42 Å². The topological polar surface area (TPSA) is 49.7 Å². The van der Waals surface area contributed by atoms with E-state index in [1.165, 1.54) is 5.56 Å². The van der Waals surface area contributed by atoms with Gasteiger partial charge in [0.25, 0.3) is 0 Å². The van der Waals surface area contributed by atoms with Crippen molar-refractivity contribution in [1.29, 1.82) is 0 Å². The first-order chi connectivity index (χ1) is 9.69. The zero-order valence-corrected chi connectivity index (χ0v) is 13.5. The van der Waals surface area contributed by atoms with Gasteiger partial charge in [0.2, 0.25) is 0 Å². The molecular formula is C18H28O3. The van der Waals surface area contributed by atoms with E-state index >= 15 is 0 Å². The number of rotatable bonds is 4. The Morgan fingerprint density at radius 1 is 1.00 bits per heavy atom. The molecule has 0 aromatic heterocycles. The first-order valence-electron chi connectivity index (χ1n) is 7.76. The Bertz CT molecular complexity index is 442. The van der Waals surface area contributed by atoms with E-state index in [4.69, 9.17) is 4.74 Å². The third kappa shape index (κ3) is 4.06. The van der Waals surface area contributed by atoms with E-state index in [1.54, 1.807) is 0 Å². The lowest BCUT2D eigenvalue weighted by atomic mass is 9.65. The second kappa shape index (κ2) is 6.07. The molecule has 1 aromatic carbocycles. The largest absolute Gasteiger partial charge is 0.390 e. The van der Waals surface area contributed by atoms with E-state index in [1.807, 2.05) is 45.9 Å². The molecule has 21 heavy (non-hydrogen) atoms. The van der Waals surface area contributed by atoms with Crippen molar-refractivity contribution in [2.45, 2.75) is 45.3 Å². The van der Waals surface area contributed by atoms with Crippen LogP contribution in [0.5, 0.6) is 0 Å². The molecule has 0 amide bonds. The van der Waals surface area contributed by atoms with Crippen LogP contribution in [-0.4, -0.2) is 34.6 Å². The van der Waals surface area contributed by atoms with Crippen LogP contribution in [0.3, 0.4) is 0 Å². The minimum Gasteiger partial charge on any atom is -0.390 e. The van der Waals surface area contributed by atoms with Gasteiger partial charge in [-0.1, -0.05) is 30.3 Å². The summed E-state index contributed by atoms with van der Waals surface area (Å²) in [7, 11) is 0. The van der Waals surface area contributed by atoms with E-state index in [2.05, 4.69) is 12.1 Å². The van der Waals surface area contributed by atoms with Crippen molar-refractivity contribution in [3.8, 4) is 0 Å². The lowest BCUT2D eigenvalue weighted by Gasteiger charge is -2.48. The van der Waals surface area contributed by atoms with Gasteiger partial charge in [-0.3, -0.25) is 0 Å². The Morgan fingerprint density at radius 2 is 1.62 bits per heavy atom. The van der Waals surface area contributed by atoms with Crippen molar-refractivity contribution < 1.29 is 14.9 Å². The highest BCUT2D eigenvalue weighted by atomic mass is 16.5. The normalized spacial score (nSPS) is 27.6. The molecule has 118 valence electrons. The Labute approximate surface area is 128 Å². The van der Waals surface area contributed by atoms with Gasteiger partial charge in [0, 0.05) is 11.8 Å². The van der Waals surface area contributed by atoms with Crippen LogP contribution in [0.1, 0.15) is 33.3 Å².